The third-order valence-corrected chi connectivity index (χ3v) is 4.62. The van der Waals surface area contributed by atoms with Crippen LogP contribution < -0.4 is 4.74 Å². The lowest BCUT2D eigenvalue weighted by molar-refractivity contribution is -0.0162. The normalized spacial score (nSPS) is 26.0. The molecule has 3 rings (SSSR count). The van der Waals surface area contributed by atoms with Crippen LogP contribution in [0.5, 0.6) is 5.75 Å². The zero-order valence-corrected chi connectivity index (χ0v) is 13.4. The van der Waals surface area contributed by atoms with Gasteiger partial charge in [0, 0.05) is 0 Å². The lowest BCUT2D eigenvalue weighted by atomic mass is 9.82. The molecule has 2 aliphatic rings. The molecular formula is C19H28O2. The smallest absolute Gasteiger partial charge is 0.119 e. The van der Waals surface area contributed by atoms with E-state index < -0.39 is 0 Å². The first-order valence-corrected chi connectivity index (χ1v) is 8.59. The Labute approximate surface area is 128 Å². The molecule has 2 nitrogen and oxygen atoms in total. The average molecular weight is 288 g/mol. The summed E-state index contributed by atoms with van der Waals surface area (Å²) in [5.41, 5.74) is 1.45. The van der Waals surface area contributed by atoms with Crippen LogP contribution in [-0.4, -0.2) is 18.8 Å². The van der Waals surface area contributed by atoms with E-state index in [0.29, 0.717) is 18.1 Å². The molecule has 1 aromatic rings. The molecule has 116 valence electrons. The third-order valence-electron chi connectivity index (χ3n) is 4.62. The van der Waals surface area contributed by atoms with Crippen LogP contribution in [0, 0.1) is 5.92 Å². The first-order valence-electron chi connectivity index (χ1n) is 8.59. The summed E-state index contributed by atoms with van der Waals surface area (Å²) < 4.78 is 11.8. The molecule has 0 saturated heterocycles. The minimum Gasteiger partial charge on any atom is -0.493 e. The second kappa shape index (κ2) is 6.83. The van der Waals surface area contributed by atoms with E-state index in [0.717, 1.165) is 18.3 Å². The van der Waals surface area contributed by atoms with Gasteiger partial charge < -0.3 is 9.47 Å². The van der Waals surface area contributed by atoms with Crippen molar-refractivity contribution in [3.05, 3.63) is 29.8 Å². The largest absolute Gasteiger partial charge is 0.493 e. The fraction of sp³-hybridized carbons (Fsp3) is 0.684. The van der Waals surface area contributed by atoms with Crippen LogP contribution in [0.4, 0.5) is 0 Å². The van der Waals surface area contributed by atoms with Gasteiger partial charge in [0.25, 0.3) is 0 Å². The predicted octanol–water partition coefficient (Wildman–Crippen LogP) is 4.93. The van der Waals surface area contributed by atoms with E-state index in [9.17, 15) is 0 Å². The van der Waals surface area contributed by atoms with Crippen molar-refractivity contribution in [1.82, 2.24) is 0 Å². The number of benzene rings is 1. The van der Waals surface area contributed by atoms with E-state index in [1.165, 1.54) is 44.1 Å². The summed E-state index contributed by atoms with van der Waals surface area (Å²) in [6.45, 7) is 5.16. The van der Waals surface area contributed by atoms with Crippen molar-refractivity contribution in [1.29, 1.82) is 0 Å². The SMILES string of the molecule is CC(C)OC1CCCC(c2ccc(OCC3CC3)cc2)C1. The summed E-state index contributed by atoms with van der Waals surface area (Å²) in [7, 11) is 0. The van der Waals surface area contributed by atoms with Gasteiger partial charge in [0.05, 0.1) is 18.8 Å². The van der Waals surface area contributed by atoms with Gasteiger partial charge in [0.2, 0.25) is 0 Å². The van der Waals surface area contributed by atoms with Crippen molar-refractivity contribution >= 4 is 0 Å². The van der Waals surface area contributed by atoms with Gasteiger partial charge in [-0.3, -0.25) is 0 Å². The maximum atomic E-state index is 6.01. The molecule has 0 N–H and O–H groups in total. The molecule has 1 aromatic carbocycles. The van der Waals surface area contributed by atoms with Crippen LogP contribution in [0.25, 0.3) is 0 Å². The van der Waals surface area contributed by atoms with E-state index in [4.69, 9.17) is 9.47 Å². The van der Waals surface area contributed by atoms with E-state index >= 15 is 0 Å². The van der Waals surface area contributed by atoms with Crippen LogP contribution in [0.3, 0.4) is 0 Å². The Balaban J connectivity index is 1.54. The maximum absolute atomic E-state index is 6.01. The quantitative estimate of drug-likeness (QED) is 0.739. The fourth-order valence-corrected chi connectivity index (χ4v) is 3.29. The highest BCUT2D eigenvalue weighted by molar-refractivity contribution is 5.30. The van der Waals surface area contributed by atoms with Crippen LogP contribution in [0.1, 0.15) is 63.9 Å². The molecule has 2 atom stereocenters. The Morgan fingerprint density at radius 3 is 2.48 bits per heavy atom. The molecule has 0 radical (unpaired) electrons. The van der Waals surface area contributed by atoms with Crippen LogP contribution in [0.2, 0.25) is 0 Å². The summed E-state index contributed by atoms with van der Waals surface area (Å²) in [4.78, 5) is 0. The number of hydrogen-bond acceptors (Lipinski definition) is 2. The van der Waals surface area contributed by atoms with Crippen molar-refractivity contribution in [2.45, 2.75) is 70.5 Å². The maximum Gasteiger partial charge on any atom is 0.119 e. The van der Waals surface area contributed by atoms with Gasteiger partial charge in [-0.1, -0.05) is 18.6 Å². The number of hydrogen-bond donors (Lipinski definition) is 0. The fourth-order valence-electron chi connectivity index (χ4n) is 3.29. The Bertz CT molecular complexity index is 433. The Morgan fingerprint density at radius 1 is 1.05 bits per heavy atom. The molecule has 0 amide bonds. The summed E-state index contributed by atoms with van der Waals surface area (Å²) in [5.74, 6) is 2.49. The van der Waals surface area contributed by atoms with Gasteiger partial charge in [-0.15, -0.1) is 0 Å². The van der Waals surface area contributed by atoms with Gasteiger partial charge in [0.1, 0.15) is 5.75 Å². The monoisotopic (exact) mass is 288 g/mol. The second-order valence-electron chi connectivity index (χ2n) is 6.99. The zero-order valence-electron chi connectivity index (χ0n) is 13.4. The first-order chi connectivity index (χ1) is 10.2. The zero-order chi connectivity index (χ0) is 14.7. The molecular weight excluding hydrogens is 260 g/mol. The van der Waals surface area contributed by atoms with Crippen LogP contribution >= 0.6 is 0 Å². The first kappa shape index (κ1) is 14.9. The molecule has 0 bridgehead atoms. The summed E-state index contributed by atoms with van der Waals surface area (Å²) in [6.07, 6.45) is 8.43. The second-order valence-corrected chi connectivity index (χ2v) is 6.99. The van der Waals surface area contributed by atoms with Crippen molar-refractivity contribution in [2.75, 3.05) is 6.61 Å². The molecule has 2 heteroatoms. The van der Waals surface area contributed by atoms with E-state index in [1.807, 2.05) is 0 Å². The molecule has 2 saturated carbocycles. The molecule has 2 fully saturated rings. The molecule has 0 heterocycles. The number of rotatable bonds is 6. The third kappa shape index (κ3) is 4.47. The van der Waals surface area contributed by atoms with Gasteiger partial charge in [0.15, 0.2) is 0 Å². The molecule has 0 spiro atoms. The van der Waals surface area contributed by atoms with Gasteiger partial charge in [-0.2, -0.15) is 0 Å². The van der Waals surface area contributed by atoms with Crippen molar-refractivity contribution in [2.24, 2.45) is 5.92 Å². The van der Waals surface area contributed by atoms with E-state index in [1.54, 1.807) is 0 Å². The van der Waals surface area contributed by atoms with Gasteiger partial charge in [-0.05, 0) is 75.5 Å². The Kier molecular flexibility index (Phi) is 4.84. The number of ether oxygens (including phenoxy) is 2. The van der Waals surface area contributed by atoms with Crippen LogP contribution in [-0.2, 0) is 4.74 Å². The summed E-state index contributed by atoms with van der Waals surface area (Å²) >= 11 is 0. The van der Waals surface area contributed by atoms with Gasteiger partial charge >= 0.3 is 0 Å². The van der Waals surface area contributed by atoms with E-state index in [-0.39, 0.29) is 0 Å². The Hall–Kier alpha value is -1.02. The highest BCUT2D eigenvalue weighted by atomic mass is 16.5. The predicted molar refractivity (Wildman–Crippen MR) is 85.9 cm³/mol. The topological polar surface area (TPSA) is 18.5 Å². The average Bonchev–Trinajstić information content (AvgIpc) is 3.29. The summed E-state index contributed by atoms with van der Waals surface area (Å²) in [5, 5.41) is 0. The Morgan fingerprint density at radius 2 is 1.81 bits per heavy atom. The molecule has 0 aliphatic heterocycles. The molecule has 21 heavy (non-hydrogen) atoms. The highest BCUT2D eigenvalue weighted by Gasteiger charge is 2.25. The molecule has 0 aromatic heterocycles. The minimum atomic E-state index is 0.340. The van der Waals surface area contributed by atoms with E-state index in [2.05, 4.69) is 38.1 Å². The molecule has 2 unspecified atom stereocenters. The lowest BCUT2D eigenvalue weighted by Crippen LogP contribution is -2.24. The highest BCUT2D eigenvalue weighted by Crippen LogP contribution is 2.35. The standard InChI is InChI=1S/C19H28O2/c1-14(2)21-19-5-3-4-17(12-19)16-8-10-18(11-9-16)20-13-15-6-7-15/h8-11,14-15,17,19H,3-7,12-13H2,1-2H3. The van der Waals surface area contributed by atoms with Crippen LogP contribution in [0.15, 0.2) is 24.3 Å². The lowest BCUT2D eigenvalue weighted by Gasteiger charge is -2.30. The van der Waals surface area contributed by atoms with Crippen molar-refractivity contribution in [3.8, 4) is 5.75 Å². The van der Waals surface area contributed by atoms with Gasteiger partial charge in [-0.25, -0.2) is 0 Å². The van der Waals surface area contributed by atoms with Crippen molar-refractivity contribution < 1.29 is 9.47 Å². The molecule has 2 aliphatic carbocycles. The van der Waals surface area contributed by atoms with Crippen molar-refractivity contribution in [3.63, 3.8) is 0 Å². The minimum absolute atomic E-state index is 0.340. The summed E-state index contributed by atoms with van der Waals surface area (Å²) in [6, 6.07) is 8.80.